The summed E-state index contributed by atoms with van der Waals surface area (Å²) in [6.07, 6.45) is 7.92. The van der Waals surface area contributed by atoms with Gasteiger partial charge in [0.1, 0.15) is 0 Å². The molecule has 25 heavy (non-hydrogen) atoms. The third-order valence-electron chi connectivity index (χ3n) is 6.34. The standard InChI is InChI=1S/C21H31N3O/c25-21(24-13-11-23(12-14-24)20-8-1-2-9-20)18-6-3-5-17(15-18)19-7-4-10-22-16-19/h3,5-6,15,19-20,22H,1-2,4,7-14,16H2/t19-/m0/s1. The predicted octanol–water partition coefficient (Wildman–Crippen LogP) is 2.85. The highest BCUT2D eigenvalue weighted by Gasteiger charge is 2.28. The number of piperazine rings is 1. The maximum Gasteiger partial charge on any atom is 0.253 e. The number of nitrogens with one attached hydrogen (secondary N) is 1. The van der Waals surface area contributed by atoms with Crippen molar-refractivity contribution in [1.82, 2.24) is 15.1 Å². The minimum absolute atomic E-state index is 0.219. The summed E-state index contributed by atoms with van der Waals surface area (Å²) in [6, 6.07) is 9.16. The van der Waals surface area contributed by atoms with Crippen molar-refractivity contribution in [2.75, 3.05) is 39.3 Å². The zero-order valence-corrected chi connectivity index (χ0v) is 15.3. The second-order valence-electron chi connectivity index (χ2n) is 7.94. The molecule has 3 aliphatic rings. The van der Waals surface area contributed by atoms with Crippen LogP contribution >= 0.6 is 0 Å². The maximum atomic E-state index is 13.0. The van der Waals surface area contributed by atoms with Crippen molar-refractivity contribution in [2.24, 2.45) is 0 Å². The molecular formula is C21H31N3O. The molecule has 2 saturated heterocycles. The molecule has 1 amide bonds. The summed E-state index contributed by atoms with van der Waals surface area (Å²) in [5.41, 5.74) is 2.19. The summed E-state index contributed by atoms with van der Waals surface area (Å²) in [6.45, 7) is 6.01. The van der Waals surface area contributed by atoms with Gasteiger partial charge in [0.05, 0.1) is 0 Å². The Morgan fingerprint density at radius 1 is 1.00 bits per heavy atom. The van der Waals surface area contributed by atoms with Crippen molar-refractivity contribution < 1.29 is 4.79 Å². The zero-order chi connectivity index (χ0) is 17.1. The number of hydrogen-bond acceptors (Lipinski definition) is 3. The Morgan fingerprint density at radius 2 is 1.80 bits per heavy atom. The molecule has 0 bridgehead atoms. The van der Waals surface area contributed by atoms with Gasteiger partial charge in [0.15, 0.2) is 0 Å². The summed E-state index contributed by atoms with van der Waals surface area (Å²) in [5, 5.41) is 3.48. The molecule has 4 nitrogen and oxygen atoms in total. The third-order valence-corrected chi connectivity index (χ3v) is 6.34. The highest BCUT2D eigenvalue weighted by molar-refractivity contribution is 5.94. The summed E-state index contributed by atoms with van der Waals surface area (Å²) in [7, 11) is 0. The number of hydrogen-bond donors (Lipinski definition) is 1. The van der Waals surface area contributed by atoms with Crippen molar-refractivity contribution in [1.29, 1.82) is 0 Å². The largest absolute Gasteiger partial charge is 0.336 e. The van der Waals surface area contributed by atoms with Crippen LogP contribution in [0.2, 0.25) is 0 Å². The topological polar surface area (TPSA) is 35.6 Å². The van der Waals surface area contributed by atoms with Gasteiger partial charge in [-0.2, -0.15) is 0 Å². The van der Waals surface area contributed by atoms with Crippen molar-refractivity contribution in [3.05, 3.63) is 35.4 Å². The first-order valence-corrected chi connectivity index (χ1v) is 10.2. The summed E-state index contributed by atoms with van der Waals surface area (Å²) >= 11 is 0. The average Bonchev–Trinajstić information content (AvgIpc) is 3.23. The van der Waals surface area contributed by atoms with Gasteiger partial charge in [-0.1, -0.05) is 25.0 Å². The number of benzene rings is 1. The van der Waals surface area contributed by atoms with Gasteiger partial charge in [-0.25, -0.2) is 0 Å². The summed E-state index contributed by atoms with van der Waals surface area (Å²) < 4.78 is 0. The molecule has 2 aliphatic heterocycles. The Bertz CT molecular complexity index is 583. The highest BCUT2D eigenvalue weighted by Crippen LogP contribution is 2.26. The number of amides is 1. The SMILES string of the molecule is O=C(c1cccc([C@H]2CCCNC2)c1)N1CCN(C2CCCC2)CC1. The van der Waals surface area contributed by atoms with Gasteiger partial charge in [-0.15, -0.1) is 0 Å². The molecule has 1 aromatic rings. The molecular weight excluding hydrogens is 310 g/mol. The minimum atomic E-state index is 0.219. The molecule has 0 spiro atoms. The molecule has 0 radical (unpaired) electrons. The van der Waals surface area contributed by atoms with Crippen molar-refractivity contribution in [2.45, 2.75) is 50.5 Å². The van der Waals surface area contributed by atoms with Gasteiger partial charge < -0.3 is 10.2 Å². The monoisotopic (exact) mass is 341 g/mol. The first kappa shape index (κ1) is 17.0. The van der Waals surface area contributed by atoms with Crippen LogP contribution in [0, 0.1) is 0 Å². The molecule has 3 fully saturated rings. The Morgan fingerprint density at radius 3 is 2.52 bits per heavy atom. The second-order valence-corrected chi connectivity index (χ2v) is 7.94. The molecule has 136 valence electrons. The third kappa shape index (κ3) is 3.90. The van der Waals surface area contributed by atoms with Crippen LogP contribution in [-0.4, -0.2) is 61.0 Å². The molecule has 1 atom stereocenters. The summed E-state index contributed by atoms with van der Waals surface area (Å²) in [5.74, 6) is 0.775. The van der Waals surface area contributed by atoms with E-state index in [-0.39, 0.29) is 5.91 Å². The molecule has 0 aromatic heterocycles. The Balaban J connectivity index is 1.37. The van der Waals surface area contributed by atoms with Crippen LogP contribution in [0.25, 0.3) is 0 Å². The van der Waals surface area contributed by atoms with Crippen LogP contribution in [0.5, 0.6) is 0 Å². The van der Waals surface area contributed by atoms with Gasteiger partial charge in [0.25, 0.3) is 5.91 Å². The minimum Gasteiger partial charge on any atom is -0.336 e. The van der Waals surface area contributed by atoms with E-state index in [0.717, 1.165) is 50.9 Å². The van der Waals surface area contributed by atoms with E-state index in [0.29, 0.717) is 5.92 Å². The highest BCUT2D eigenvalue weighted by atomic mass is 16.2. The number of carbonyl (C=O) groups is 1. The lowest BCUT2D eigenvalue weighted by Crippen LogP contribution is -2.51. The van der Waals surface area contributed by atoms with E-state index in [9.17, 15) is 4.79 Å². The fourth-order valence-corrected chi connectivity index (χ4v) is 4.80. The lowest BCUT2D eigenvalue weighted by Gasteiger charge is -2.38. The van der Waals surface area contributed by atoms with Crippen LogP contribution < -0.4 is 5.32 Å². The molecule has 1 aromatic carbocycles. The van der Waals surface area contributed by atoms with Gasteiger partial charge in [0, 0.05) is 44.3 Å². The van der Waals surface area contributed by atoms with Gasteiger partial charge in [-0.05, 0) is 55.8 Å². The number of rotatable bonds is 3. The first-order valence-electron chi connectivity index (χ1n) is 10.2. The molecule has 0 unspecified atom stereocenters. The van der Waals surface area contributed by atoms with Crippen LogP contribution in [0.4, 0.5) is 0 Å². The van der Waals surface area contributed by atoms with Crippen molar-refractivity contribution in [3.63, 3.8) is 0 Å². The number of carbonyl (C=O) groups excluding carboxylic acids is 1. The molecule has 4 heteroatoms. The smallest absolute Gasteiger partial charge is 0.253 e. The van der Waals surface area contributed by atoms with Crippen molar-refractivity contribution in [3.8, 4) is 0 Å². The van der Waals surface area contributed by atoms with Crippen LogP contribution in [0.3, 0.4) is 0 Å². The van der Waals surface area contributed by atoms with Crippen LogP contribution in [0.15, 0.2) is 24.3 Å². The Labute approximate surface area is 151 Å². The number of piperidine rings is 1. The van der Waals surface area contributed by atoms with Gasteiger partial charge >= 0.3 is 0 Å². The fourth-order valence-electron chi connectivity index (χ4n) is 4.80. The van der Waals surface area contributed by atoms with E-state index >= 15 is 0 Å². The maximum absolute atomic E-state index is 13.0. The Hall–Kier alpha value is -1.39. The fraction of sp³-hybridized carbons (Fsp3) is 0.667. The second kappa shape index (κ2) is 7.88. The molecule has 4 rings (SSSR count). The zero-order valence-electron chi connectivity index (χ0n) is 15.3. The van der Waals surface area contributed by atoms with E-state index in [1.807, 2.05) is 6.07 Å². The normalized spacial score (nSPS) is 26.1. The average molecular weight is 341 g/mol. The van der Waals surface area contributed by atoms with E-state index < -0.39 is 0 Å². The van der Waals surface area contributed by atoms with E-state index in [4.69, 9.17) is 0 Å². The predicted molar refractivity (Wildman–Crippen MR) is 101 cm³/mol. The molecule has 1 aliphatic carbocycles. The van der Waals surface area contributed by atoms with Crippen molar-refractivity contribution >= 4 is 5.91 Å². The molecule has 1 saturated carbocycles. The van der Waals surface area contributed by atoms with Crippen LogP contribution in [0.1, 0.15) is 60.4 Å². The molecule has 2 heterocycles. The quantitative estimate of drug-likeness (QED) is 0.918. The Kier molecular flexibility index (Phi) is 5.37. The molecule has 1 N–H and O–H groups in total. The van der Waals surface area contributed by atoms with Gasteiger partial charge in [-0.3, -0.25) is 9.69 Å². The van der Waals surface area contributed by atoms with Gasteiger partial charge in [0.2, 0.25) is 0 Å². The first-order chi connectivity index (χ1) is 12.3. The summed E-state index contributed by atoms with van der Waals surface area (Å²) in [4.78, 5) is 17.6. The van der Waals surface area contributed by atoms with E-state index in [1.54, 1.807) is 0 Å². The number of nitrogens with zero attached hydrogens (tertiary/aromatic N) is 2. The lowest BCUT2D eigenvalue weighted by atomic mass is 9.90. The van der Waals surface area contributed by atoms with Crippen LogP contribution in [-0.2, 0) is 0 Å². The van der Waals surface area contributed by atoms with E-state index in [2.05, 4.69) is 33.3 Å². The lowest BCUT2D eigenvalue weighted by molar-refractivity contribution is 0.0573. The van der Waals surface area contributed by atoms with E-state index in [1.165, 1.54) is 44.1 Å².